The molecule has 0 saturated heterocycles. The Hall–Kier alpha value is -1.60. The van der Waals surface area contributed by atoms with Crippen molar-refractivity contribution in [1.29, 1.82) is 0 Å². The lowest BCUT2D eigenvalue weighted by Crippen LogP contribution is -2.32. The smallest absolute Gasteiger partial charge is 0.352 e. The summed E-state index contributed by atoms with van der Waals surface area (Å²) in [5, 5.41) is 9.17. The van der Waals surface area contributed by atoms with Crippen LogP contribution >= 0.6 is 0 Å². The third kappa shape index (κ3) is 3.95. The lowest BCUT2D eigenvalue weighted by atomic mass is 10.3. The second kappa shape index (κ2) is 6.91. The highest BCUT2D eigenvalue weighted by molar-refractivity contribution is 7.89. The lowest BCUT2D eigenvalue weighted by Gasteiger charge is -2.19. The standard InChI is InChI=1S/C14H22N2O4S/c1-5-7-15-10-12(8-13(15)14(17)18)21(19,20)16(6-2)9-11(3)4/h8,10H,3,5-7,9H2,1-2,4H3,(H,17,18). The summed E-state index contributed by atoms with van der Waals surface area (Å²) in [7, 11) is -3.71. The topological polar surface area (TPSA) is 79.6 Å². The summed E-state index contributed by atoms with van der Waals surface area (Å²) in [5.74, 6) is -1.13. The van der Waals surface area contributed by atoms with Crippen LogP contribution in [0.15, 0.2) is 29.3 Å². The van der Waals surface area contributed by atoms with Crippen LogP contribution in [-0.4, -0.2) is 41.5 Å². The molecule has 1 N–H and O–H groups in total. The van der Waals surface area contributed by atoms with Crippen molar-refractivity contribution in [2.75, 3.05) is 13.1 Å². The number of carboxylic acid groups (broad SMARTS) is 1. The molecule has 0 unspecified atom stereocenters. The van der Waals surface area contributed by atoms with Crippen LogP contribution in [0.3, 0.4) is 0 Å². The quantitative estimate of drug-likeness (QED) is 0.746. The number of likely N-dealkylation sites (N-methyl/N-ethyl adjacent to an activating group) is 1. The summed E-state index contributed by atoms with van der Waals surface area (Å²) in [6, 6.07) is 1.22. The maximum absolute atomic E-state index is 12.6. The van der Waals surface area contributed by atoms with Crippen LogP contribution in [0.4, 0.5) is 0 Å². The number of hydrogen-bond donors (Lipinski definition) is 1. The van der Waals surface area contributed by atoms with Crippen LogP contribution in [0.25, 0.3) is 0 Å². The van der Waals surface area contributed by atoms with Gasteiger partial charge in [0, 0.05) is 25.8 Å². The van der Waals surface area contributed by atoms with E-state index < -0.39 is 16.0 Å². The number of carbonyl (C=O) groups is 1. The molecule has 118 valence electrons. The first-order chi connectivity index (χ1) is 9.73. The summed E-state index contributed by atoms with van der Waals surface area (Å²) >= 11 is 0. The Morgan fingerprint density at radius 2 is 2.05 bits per heavy atom. The first-order valence-corrected chi connectivity index (χ1v) is 8.26. The number of rotatable bonds is 8. The molecule has 0 spiro atoms. The molecular weight excluding hydrogens is 292 g/mol. The summed E-state index contributed by atoms with van der Waals surface area (Å²) < 4.78 is 27.9. The highest BCUT2D eigenvalue weighted by atomic mass is 32.2. The average molecular weight is 314 g/mol. The van der Waals surface area contributed by atoms with E-state index in [-0.39, 0.29) is 17.1 Å². The zero-order chi connectivity index (χ0) is 16.2. The van der Waals surface area contributed by atoms with Crippen molar-refractivity contribution in [3.05, 3.63) is 30.1 Å². The molecule has 0 amide bonds. The predicted octanol–water partition coefficient (Wildman–Crippen LogP) is 2.18. The molecule has 1 heterocycles. The van der Waals surface area contributed by atoms with Crippen LogP contribution in [0.2, 0.25) is 0 Å². The van der Waals surface area contributed by atoms with Gasteiger partial charge in [0.25, 0.3) is 0 Å². The van der Waals surface area contributed by atoms with Gasteiger partial charge in [-0.05, 0) is 19.4 Å². The van der Waals surface area contributed by atoms with Crippen LogP contribution in [0.1, 0.15) is 37.7 Å². The van der Waals surface area contributed by atoms with Gasteiger partial charge >= 0.3 is 5.97 Å². The largest absolute Gasteiger partial charge is 0.477 e. The molecule has 0 aliphatic carbocycles. The van der Waals surface area contributed by atoms with Gasteiger partial charge in [0.05, 0.1) is 0 Å². The van der Waals surface area contributed by atoms with Gasteiger partial charge in [0.1, 0.15) is 10.6 Å². The number of aromatic nitrogens is 1. The lowest BCUT2D eigenvalue weighted by molar-refractivity contribution is 0.0685. The van der Waals surface area contributed by atoms with Gasteiger partial charge in [-0.25, -0.2) is 13.2 Å². The Morgan fingerprint density at radius 1 is 1.43 bits per heavy atom. The van der Waals surface area contributed by atoms with Crippen molar-refractivity contribution in [3.63, 3.8) is 0 Å². The third-order valence-corrected chi connectivity index (χ3v) is 4.88. The fraction of sp³-hybridized carbons (Fsp3) is 0.500. The molecule has 21 heavy (non-hydrogen) atoms. The Kier molecular flexibility index (Phi) is 5.74. The van der Waals surface area contributed by atoms with Crippen molar-refractivity contribution in [2.45, 2.75) is 38.6 Å². The zero-order valence-electron chi connectivity index (χ0n) is 12.7. The molecule has 1 rings (SSSR count). The molecule has 0 saturated carbocycles. The fourth-order valence-electron chi connectivity index (χ4n) is 2.05. The summed E-state index contributed by atoms with van der Waals surface area (Å²) in [5.41, 5.74) is 0.716. The van der Waals surface area contributed by atoms with Crippen LogP contribution in [-0.2, 0) is 16.6 Å². The predicted molar refractivity (Wildman–Crippen MR) is 80.9 cm³/mol. The number of carboxylic acids is 1. The highest BCUT2D eigenvalue weighted by Gasteiger charge is 2.26. The summed E-state index contributed by atoms with van der Waals surface area (Å²) in [6.07, 6.45) is 2.11. The van der Waals surface area contributed by atoms with Gasteiger partial charge in [0.2, 0.25) is 10.0 Å². The van der Waals surface area contributed by atoms with Gasteiger partial charge in [-0.3, -0.25) is 0 Å². The van der Waals surface area contributed by atoms with Crippen molar-refractivity contribution >= 4 is 16.0 Å². The fourth-order valence-corrected chi connectivity index (χ4v) is 3.60. The first-order valence-electron chi connectivity index (χ1n) is 6.82. The zero-order valence-corrected chi connectivity index (χ0v) is 13.5. The minimum Gasteiger partial charge on any atom is -0.477 e. The van der Waals surface area contributed by atoms with E-state index in [1.54, 1.807) is 13.8 Å². The van der Waals surface area contributed by atoms with Crippen LogP contribution in [0.5, 0.6) is 0 Å². The van der Waals surface area contributed by atoms with Crippen molar-refractivity contribution in [1.82, 2.24) is 8.87 Å². The summed E-state index contributed by atoms with van der Waals surface area (Å²) in [4.78, 5) is 11.2. The van der Waals surface area contributed by atoms with Crippen molar-refractivity contribution in [2.24, 2.45) is 0 Å². The van der Waals surface area contributed by atoms with E-state index in [1.165, 1.54) is 21.1 Å². The molecule has 0 atom stereocenters. The molecule has 0 aliphatic rings. The van der Waals surface area contributed by atoms with Crippen LogP contribution in [0, 0.1) is 0 Å². The molecule has 0 fully saturated rings. The average Bonchev–Trinajstić information content (AvgIpc) is 2.80. The Labute approximate surface area is 125 Å². The maximum atomic E-state index is 12.6. The minimum absolute atomic E-state index is 0.0106. The van der Waals surface area contributed by atoms with Crippen molar-refractivity contribution in [3.8, 4) is 0 Å². The van der Waals surface area contributed by atoms with E-state index >= 15 is 0 Å². The molecule has 7 heteroatoms. The third-order valence-electron chi connectivity index (χ3n) is 2.99. The van der Waals surface area contributed by atoms with Gasteiger partial charge < -0.3 is 9.67 Å². The monoisotopic (exact) mass is 314 g/mol. The minimum atomic E-state index is -3.71. The molecule has 0 bridgehead atoms. The van der Waals surface area contributed by atoms with E-state index in [0.717, 1.165) is 12.0 Å². The second-order valence-corrected chi connectivity index (χ2v) is 6.89. The molecule has 6 nitrogen and oxygen atoms in total. The van der Waals surface area contributed by atoms with Gasteiger partial charge in [-0.1, -0.05) is 26.0 Å². The number of sulfonamides is 1. The number of hydrogen-bond acceptors (Lipinski definition) is 3. The molecule has 1 aromatic rings. The molecular formula is C14H22N2O4S. The summed E-state index contributed by atoms with van der Waals surface area (Å²) in [6.45, 7) is 10.1. The highest BCUT2D eigenvalue weighted by Crippen LogP contribution is 2.20. The van der Waals surface area contributed by atoms with E-state index in [0.29, 0.717) is 13.1 Å². The van der Waals surface area contributed by atoms with E-state index in [2.05, 4.69) is 6.58 Å². The number of nitrogens with zero attached hydrogens (tertiary/aromatic N) is 2. The first kappa shape index (κ1) is 17.5. The van der Waals surface area contributed by atoms with E-state index in [4.69, 9.17) is 5.11 Å². The Balaban J connectivity index is 3.27. The second-order valence-electron chi connectivity index (χ2n) is 4.95. The molecule has 0 aliphatic heterocycles. The normalized spacial score (nSPS) is 11.8. The molecule has 0 aromatic carbocycles. The van der Waals surface area contributed by atoms with Crippen molar-refractivity contribution < 1.29 is 18.3 Å². The number of aryl methyl sites for hydroxylation is 1. The van der Waals surface area contributed by atoms with E-state index in [1.807, 2.05) is 6.92 Å². The number of aromatic carboxylic acids is 1. The van der Waals surface area contributed by atoms with E-state index in [9.17, 15) is 13.2 Å². The Bertz CT molecular complexity index is 631. The SMILES string of the molecule is C=C(C)CN(CC)S(=O)(=O)c1cc(C(=O)O)n(CCC)c1. The molecule has 0 radical (unpaired) electrons. The maximum Gasteiger partial charge on any atom is 0.352 e. The van der Waals surface area contributed by atoms with Gasteiger partial charge in [-0.2, -0.15) is 4.31 Å². The van der Waals surface area contributed by atoms with Gasteiger partial charge in [0.15, 0.2) is 0 Å². The van der Waals surface area contributed by atoms with Crippen LogP contribution < -0.4 is 0 Å². The molecule has 1 aromatic heterocycles. The Morgan fingerprint density at radius 3 is 2.48 bits per heavy atom. The van der Waals surface area contributed by atoms with Gasteiger partial charge in [-0.15, -0.1) is 0 Å².